The minimum atomic E-state index is -3.53. The third kappa shape index (κ3) is 7.98. The minimum Gasteiger partial charge on any atom is -1.00 e. The van der Waals surface area contributed by atoms with Crippen molar-refractivity contribution in [2.45, 2.75) is 38.5 Å². The van der Waals surface area contributed by atoms with Gasteiger partial charge in [-0.2, -0.15) is 12.8 Å². The first-order valence-corrected chi connectivity index (χ1v) is 7.34. The first kappa shape index (κ1) is 21.8. The summed E-state index contributed by atoms with van der Waals surface area (Å²) in [5.41, 5.74) is 2.26. The van der Waals surface area contributed by atoms with Gasteiger partial charge < -0.3 is 12.4 Å². The SMILES string of the molecule is CC(C)=CCCC=NS(=O)(=O)c1ccc(C)cc1.[Cl-].[Pt]. The fraction of sp³-hybridized carbons (Fsp3) is 0.357. The first-order valence-electron chi connectivity index (χ1n) is 5.90. The summed E-state index contributed by atoms with van der Waals surface area (Å²) in [6.45, 7) is 5.94. The van der Waals surface area contributed by atoms with E-state index >= 15 is 0 Å². The maximum atomic E-state index is 11.8. The Bertz CT molecular complexity index is 547. The van der Waals surface area contributed by atoms with Crippen LogP contribution in [0.5, 0.6) is 0 Å². The Morgan fingerprint density at radius 3 is 2.20 bits per heavy atom. The molecule has 0 radical (unpaired) electrons. The Balaban J connectivity index is 0. The number of nitrogens with zero attached hydrogens (tertiary/aromatic N) is 1. The Labute approximate surface area is 142 Å². The van der Waals surface area contributed by atoms with Crippen LogP contribution >= 0.6 is 0 Å². The van der Waals surface area contributed by atoms with Crippen LogP contribution in [0.3, 0.4) is 0 Å². The van der Waals surface area contributed by atoms with Crippen molar-refractivity contribution < 1.29 is 41.9 Å². The maximum Gasteiger partial charge on any atom is 0.281 e. The van der Waals surface area contributed by atoms with Gasteiger partial charge in [0.2, 0.25) is 0 Å². The van der Waals surface area contributed by atoms with Gasteiger partial charge in [0.25, 0.3) is 10.0 Å². The van der Waals surface area contributed by atoms with Crippen molar-refractivity contribution in [1.29, 1.82) is 0 Å². The first-order chi connectivity index (χ1) is 8.42. The summed E-state index contributed by atoms with van der Waals surface area (Å²) < 4.78 is 27.3. The predicted octanol–water partition coefficient (Wildman–Crippen LogP) is 0.502. The Morgan fingerprint density at radius 2 is 1.70 bits per heavy atom. The van der Waals surface area contributed by atoms with E-state index in [9.17, 15) is 8.42 Å². The van der Waals surface area contributed by atoms with Crippen molar-refractivity contribution in [2.75, 3.05) is 0 Å². The summed E-state index contributed by atoms with van der Waals surface area (Å²) in [4.78, 5) is 0.242. The number of rotatable bonds is 5. The number of sulfonamides is 1. The summed E-state index contributed by atoms with van der Waals surface area (Å²) in [7, 11) is -3.53. The fourth-order valence-corrected chi connectivity index (χ4v) is 2.27. The van der Waals surface area contributed by atoms with E-state index in [4.69, 9.17) is 0 Å². The van der Waals surface area contributed by atoms with E-state index in [2.05, 4.69) is 10.5 Å². The molecule has 0 saturated heterocycles. The van der Waals surface area contributed by atoms with Gasteiger partial charge in [-0.3, -0.25) is 0 Å². The molecule has 116 valence electrons. The van der Waals surface area contributed by atoms with Gasteiger partial charge in [-0.05, 0) is 45.7 Å². The summed E-state index contributed by atoms with van der Waals surface area (Å²) in [5, 5.41) is 0. The van der Waals surface area contributed by atoms with Gasteiger partial charge in [0.15, 0.2) is 0 Å². The summed E-state index contributed by atoms with van der Waals surface area (Å²) in [5.74, 6) is 0. The van der Waals surface area contributed by atoms with Gasteiger partial charge in [-0.15, -0.1) is 0 Å². The summed E-state index contributed by atoms with van der Waals surface area (Å²) in [6.07, 6.45) is 4.98. The molecule has 1 rings (SSSR count). The Hall–Kier alpha value is -0.442. The van der Waals surface area contributed by atoms with Crippen molar-refractivity contribution in [2.24, 2.45) is 4.40 Å². The zero-order valence-corrected chi connectivity index (χ0v) is 15.6. The molecule has 20 heavy (non-hydrogen) atoms. The summed E-state index contributed by atoms with van der Waals surface area (Å²) >= 11 is 0. The van der Waals surface area contributed by atoms with Gasteiger partial charge in [-0.1, -0.05) is 29.3 Å². The van der Waals surface area contributed by atoms with Gasteiger partial charge >= 0.3 is 0 Å². The molecule has 0 unspecified atom stereocenters. The molecule has 0 aliphatic heterocycles. The number of hydrogen-bond donors (Lipinski definition) is 0. The van der Waals surface area contributed by atoms with Crippen LogP contribution in [0.4, 0.5) is 0 Å². The molecule has 0 atom stereocenters. The van der Waals surface area contributed by atoms with E-state index in [0.717, 1.165) is 12.0 Å². The molecule has 0 fully saturated rings. The number of aryl methyl sites for hydroxylation is 1. The maximum absolute atomic E-state index is 11.8. The van der Waals surface area contributed by atoms with E-state index in [1.54, 1.807) is 24.3 Å². The third-order valence-corrected chi connectivity index (χ3v) is 3.67. The molecular weight excluding hydrogens is 477 g/mol. The van der Waals surface area contributed by atoms with Gasteiger partial charge in [0.05, 0.1) is 4.90 Å². The topological polar surface area (TPSA) is 46.5 Å². The van der Waals surface area contributed by atoms with Crippen LogP contribution in [0.1, 0.15) is 32.3 Å². The largest absolute Gasteiger partial charge is 1.00 e. The van der Waals surface area contributed by atoms with E-state index in [1.165, 1.54) is 11.8 Å². The fourth-order valence-electron chi connectivity index (χ4n) is 1.37. The normalized spacial score (nSPS) is 10.6. The number of hydrogen-bond acceptors (Lipinski definition) is 2. The molecule has 0 amide bonds. The number of halogens is 1. The van der Waals surface area contributed by atoms with Crippen molar-refractivity contribution >= 4 is 16.2 Å². The second kappa shape index (κ2) is 10.3. The predicted molar refractivity (Wildman–Crippen MR) is 75.5 cm³/mol. The molecule has 1 aromatic carbocycles. The zero-order chi connectivity index (χ0) is 13.6. The molecule has 3 nitrogen and oxygen atoms in total. The van der Waals surface area contributed by atoms with E-state index in [0.29, 0.717) is 6.42 Å². The van der Waals surface area contributed by atoms with Crippen LogP contribution in [0.15, 0.2) is 45.2 Å². The van der Waals surface area contributed by atoms with Gasteiger partial charge in [0, 0.05) is 27.3 Å². The monoisotopic (exact) mass is 495 g/mol. The van der Waals surface area contributed by atoms with Crippen molar-refractivity contribution in [1.82, 2.24) is 0 Å². The number of allylic oxidation sites excluding steroid dienone is 2. The van der Waals surface area contributed by atoms with Crippen molar-refractivity contribution in [3.8, 4) is 0 Å². The molecule has 0 aromatic heterocycles. The molecule has 0 spiro atoms. The average Bonchev–Trinajstić information content (AvgIpc) is 2.28. The van der Waals surface area contributed by atoms with Crippen LogP contribution in [0.25, 0.3) is 0 Å². The molecule has 0 bridgehead atoms. The van der Waals surface area contributed by atoms with Crippen LogP contribution in [0.2, 0.25) is 0 Å². The second-order valence-corrected chi connectivity index (χ2v) is 6.07. The molecule has 6 heteroatoms. The second-order valence-electron chi connectivity index (χ2n) is 4.43. The van der Waals surface area contributed by atoms with Gasteiger partial charge in [-0.25, -0.2) is 0 Å². The molecule has 0 heterocycles. The smallest absolute Gasteiger partial charge is 0.281 e. The Morgan fingerprint density at radius 1 is 1.15 bits per heavy atom. The number of benzene rings is 1. The standard InChI is InChI=1S/C14H19NO2S.ClH.Pt/c1-12(2)6-4-5-11-15-18(16,17)14-9-7-13(3)8-10-14;;/h6-11H,4-5H2,1-3H3;1H;/p-1. The van der Waals surface area contributed by atoms with E-state index in [1.807, 2.05) is 20.8 Å². The molecule has 0 aliphatic carbocycles. The number of unbranched alkanes of at least 4 members (excludes halogenated alkanes) is 1. The molecule has 0 aliphatic rings. The zero-order valence-electron chi connectivity index (χ0n) is 11.7. The Kier molecular flexibility index (Phi) is 11.3. The van der Waals surface area contributed by atoms with Crippen LogP contribution in [-0.4, -0.2) is 14.6 Å². The molecule has 0 saturated carbocycles. The van der Waals surface area contributed by atoms with Crippen LogP contribution < -0.4 is 12.4 Å². The third-order valence-electron chi connectivity index (χ3n) is 2.38. The molecule has 1 aromatic rings. The van der Waals surface area contributed by atoms with Crippen molar-refractivity contribution in [3.63, 3.8) is 0 Å². The molecular formula is C14H19ClNO2PtS-. The quantitative estimate of drug-likeness (QED) is 0.339. The van der Waals surface area contributed by atoms with Crippen LogP contribution in [0, 0.1) is 6.92 Å². The average molecular weight is 496 g/mol. The molecule has 0 N–H and O–H groups in total. The van der Waals surface area contributed by atoms with Crippen molar-refractivity contribution in [3.05, 3.63) is 41.5 Å². The van der Waals surface area contributed by atoms with E-state index in [-0.39, 0.29) is 38.4 Å². The van der Waals surface area contributed by atoms with Gasteiger partial charge in [0.1, 0.15) is 0 Å². The van der Waals surface area contributed by atoms with Crippen LogP contribution in [-0.2, 0) is 31.1 Å². The summed E-state index contributed by atoms with van der Waals surface area (Å²) in [6, 6.07) is 6.70. The minimum absolute atomic E-state index is 0. The van der Waals surface area contributed by atoms with E-state index < -0.39 is 10.0 Å².